The van der Waals surface area contributed by atoms with Crippen LogP contribution in [0, 0.1) is 0 Å². The van der Waals surface area contributed by atoms with Crippen molar-refractivity contribution in [3.63, 3.8) is 0 Å². The van der Waals surface area contributed by atoms with Crippen molar-refractivity contribution in [1.82, 2.24) is 9.38 Å². The molecule has 4 rings (SSSR count). The predicted octanol–water partition coefficient (Wildman–Crippen LogP) is 5.10. The van der Waals surface area contributed by atoms with Gasteiger partial charge in [0.25, 0.3) is 0 Å². The first-order valence-corrected chi connectivity index (χ1v) is 8.83. The van der Waals surface area contributed by atoms with E-state index in [1.165, 1.54) is 19.3 Å². The van der Waals surface area contributed by atoms with Crippen LogP contribution in [0.25, 0.3) is 16.9 Å². The molecule has 1 aromatic carbocycles. The van der Waals surface area contributed by atoms with Crippen molar-refractivity contribution in [3.05, 3.63) is 47.6 Å². The number of nitrogens with zero attached hydrogens (tertiary/aromatic N) is 2. The zero-order valence-electron chi connectivity index (χ0n) is 13.4. The van der Waals surface area contributed by atoms with E-state index < -0.39 is 0 Å². The number of pyridine rings is 1. The predicted molar refractivity (Wildman–Crippen MR) is 97.8 cm³/mol. The van der Waals surface area contributed by atoms with Crippen molar-refractivity contribution < 1.29 is 5.11 Å². The summed E-state index contributed by atoms with van der Waals surface area (Å²) in [7, 11) is 0. The number of halogens is 1. The maximum atomic E-state index is 10.3. The van der Waals surface area contributed by atoms with Crippen LogP contribution in [0.1, 0.15) is 32.1 Å². The lowest BCUT2D eigenvalue weighted by Crippen LogP contribution is -2.23. The Morgan fingerprint density at radius 2 is 1.88 bits per heavy atom. The zero-order chi connectivity index (χ0) is 16.5. The highest BCUT2D eigenvalue weighted by atomic mass is 35.5. The van der Waals surface area contributed by atoms with Gasteiger partial charge in [0.05, 0.1) is 5.02 Å². The number of aromatic hydroxyl groups is 1. The molecule has 0 atom stereocenters. The third-order valence-corrected chi connectivity index (χ3v) is 4.91. The Kier molecular flexibility index (Phi) is 4.07. The smallest absolute Gasteiger partial charge is 0.139 e. The number of fused-ring (bicyclic) bond motifs is 1. The van der Waals surface area contributed by atoms with Crippen LogP contribution in [0.15, 0.2) is 42.6 Å². The lowest BCUT2D eigenvalue weighted by molar-refractivity contribution is 0.461. The number of phenolic OH excluding ortho intramolecular Hbond substituents is 1. The van der Waals surface area contributed by atoms with Crippen molar-refractivity contribution >= 4 is 23.1 Å². The van der Waals surface area contributed by atoms with Gasteiger partial charge in [0, 0.05) is 17.8 Å². The molecule has 1 saturated carbocycles. The molecule has 4 nitrogen and oxygen atoms in total. The summed E-state index contributed by atoms with van der Waals surface area (Å²) in [5.74, 6) is 1.14. The first-order valence-electron chi connectivity index (χ1n) is 8.45. The lowest BCUT2D eigenvalue weighted by Gasteiger charge is -2.24. The van der Waals surface area contributed by atoms with Gasteiger partial charge in [-0.05, 0) is 37.1 Å². The van der Waals surface area contributed by atoms with Gasteiger partial charge in [0.2, 0.25) is 0 Å². The summed E-state index contributed by atoms with van der Waals surface area (Å²) in [4.78, 5) is 4.73. The quantitative estimate of drug-likeness (QED) is 0.696. The first kappa shape index (κ1) is 15.3. The Morgan fingerprint density at radius 1 is 1.08 bits per heavy atom. The van der Waals surface area contributed by atoms with Gasteiger partial charge >= 0.3 is 0 Å². The van der Waals surface area contributed by atoms with Crippen LogP contribution in [-0.4, -0.2) is 20.5 Å². The Morgan fingerprint density at radius 3 is 2.67 bits per heavy atom. The molecule has 2 N–H and O–H groups in total. The van der Waals surface area contributed by atoms with Crippen LogP contribution in [-0.2, 0) is 0 Å². The van der Waals surface area contributed by atoms with Crippen LogP contribution < -0.4 is 5.32 Å². The van der Waals surface area contributed by atoms with E-state index in [-0.39, 0.29) is 5.75 Å². The van der Waals surface area contributed by atoms with Crippen molar-refractivity contribution in [2.75, 3.05) is 5.32 Å². The highest BCUT2D eigenvalue weighted by molar-refractivity contribution is 6.30. The van der Waals surface area contributed by atoms with Crippen LogP contribution in [0.4, 0.5) is 5.82 Å². The summed E-state index contributed by atoms with van der Waals surface area (Å²) in [6.45, 7) is 0. The van der Waals surface area contributed by atoms with E-state index in [0.717, 1.165) is 35.6 Å². The standard InChI is InChI=1S/C19H20ClN3O/c20-13-10-11-17-22-18(15-8-4-5-9-16(15)24)19(23(17)12-13)21-14-6-2-1-3-7-14/h4-5,8-12,14,21,24H,1-3,6-7H2. The Labute approximate surface area is 146 Å². The minimum absolute atomic E-state index is 0.235. The van der Waals surface area contributed by atoms with Crippen molar-refractivity contribution in [2.45, 2.75) is 38.1 Å². The summed E-state index contributed by atoms with van der Waals surface area (Å²) in [6.07, 6.45) is 8.01. The molecule has 0 bridgehead atoms. The SMILES string of the molecule is Oc1ccccc1-c1nc2ccc(Cl)cn2c1NC1CCCCC1. The Hall–Kier alpha value is -2.20. The van der Waals surface area contributed by atoms with E-state index >= 15 is 0 Å². The fourth-order valence-electron chi connectivity index (χ4n) is 3.46. The number of para-hydroxylation sites is 1. The average molecular weight is 342 g/mol. The number of hydrogen-bond donors (Lipinski definition) is 2. The monoisotopic (exact) mass is 341 g/mol. The molecule has 1 aliphatic rings. The highest BCUT2D eigenvalue weighted by Crippen LogP contribution is 2.36. The molecule has 24 heavy (non-hydrogen) atoms. The summed E-state index contributed by atoms with van der Waals surface area (Å²) < 4.78 is 1.98. The van der Waals surface area contributed by atoms with E-state index in [1.807, 2.05) is 40.9 Å². The summed E-state index contributed by atoms with van der Waals surface area (Å²) in [6, 6.07) is 11.5. The molecular weight excluding hydrogens is 322 g/mol. The van der Waals surface area contributed by atoms with Crippen LogP contribution in [0.5, 0.6) is 5.75 Å². The number of rotatable bonds is 3. The zero-order valence-corrected chi connectivity index (χ0v) is 14.1. The van der Waals surface area contributed by atoms with Gasteiger partial charge in [-0.15, -0.1) is 0 Å². The second-order valence-corrected chi connectivity index (χ2v) is 6.82. The number of aromatic nitrogens is 2. The van der Waals surface area contributed by atoms with Gasteiger partial charge in [0.1, 0.15) is 22.9 Å². The first-order chi connectivity index (χ1) is 11.7. The summed E-state index contributed by atoms with van der Waals surface area (Å²) >= 11 is 6.19. The molecule has 0 unspecified atom stereocenters. The van der Waals surface area contributed by atoms with E-state index in [1.54, 1.807) is 6.07 Å². The number of benzene rings is 1. The second kappa shape index (κ2) is 6.36. The lowest BCUT2D eigenvalue weighted by atomic mass is 9.95. The van der Waals surface area contributed by atoms with Gasteiger partial charge in [0.15, 0.2) is 0 Å². The minimum atomic E-state index is 0.235. The maximum absolute atomic E-state index is 10.3. The van der Waals surface area contributed by atoms with Crippen molar-refractivity contribution in [1.29, 1.82) is 0 Å². The van der Waals surface area contributed by atoms with Crippen molar-refractivity contribution in [2.24, 2.45) is 0 Å². The molecule has 0 aliphatic heterocycles. The number of hydrogen-bond acceptors (Lipinski definition) is 3. The molecule has 5 heteroatoms. The Bertz CT molecular complexity index is 868. The molecule has 1 fully saturated rings. The molecule has 1 aliphatic carbocycles. The number of nitrogens with one attached hydrogen (secondary N) is 1. The number of anilines is 1. The Balaban J connectivity index is 1.85. The summed E-state index contributed by atoms with van der Waals surface area (Å²) in [5.41, 5.74) is 2.31. The van der Waals surface area contributed by atoms with Gasteiger partial charge < -0.3 is 10.4 Å². The largest absolute Gasteiger partial charge is 0.507 e. The molecule has 0 amide bonds. The topological polar surface area (TPSA) is 49.6 Å². The molecule has 3 aromatic rings. The molecule has 0 spiro atoms. The van der Waals surface area contributed by atoms with E-state index in [2.05, 4.69) is 5.32 Å². The number of phenols is 1. The van der Waals surface area contributed by atoms with E-state index in [4.69, 9.17) is 16.6 Å². The van der Waals surface area contributed by atoms with Gasteiger partial charge in [-0.3, -0.25) is 4.40 Å². The third-order valence-electron chi connectivity index (χ3n) is 4.69. The molecule has 0 radical (unpaired) electrons. The van der Waals surface area contributed by atoms with E-state index in [0.29, 0.717) is 11.1 Å². The van der Waals surface area contributed by atoms with Crippen LogP contribution in [0.2, 0.25) is 5.02 Å². The van der Waals surface area contributed by atoms with Crippen LogP contribution in [0.3, 0.4) is 0 Å². The van der Waals surface area contributed by atoms with Crippen molar-refractivity contribution in [3.8, 4) is 17.0 Å². The van der Waals surface area contributed by atoms with E-state index in [9.17, 15) is 5.11 Å². The molecule has 2 aromatic heterocycles. The molecule has 0 saturated heterocycles. The molecular formula is C19H20ClN3O. The van der Waals surface area contributed by atoms with Gasteiger partial charge in [-0.25, -0.2) is 4.98 Å². The minimum Gasteiger partial charge on any atom is -0.507 e. The highest BCUT2D eigenvalue weighted by Gasteiger charge is 2.21. The number of imidazole rings is 1. The average Bonchev–Trinajstić information content (AvgIpc) is 2.94. The summed E-state index contributed by atoms with van der Waals surface area (Å²) in [5, 5.41) is 14.6. The fraction of sp³-hybridized carbons (Fsp3) is 0.316. The maximum Gasteiger partial charge on any atom is 0.139 e. The molecule has 2 heterocycles. The van der Waals surface area contributed by atoms with Gasteiger partial charge in [-0.1, -0.05) is 43.0 Å². The third kappa shape index (κ3) is 2.82. The second-order valence-electron chi connectivity index (χ2n) is 6.38. The molecule has 124 valence electrons. The normalized spacial score (nSPS) is 15.7. The fourth-order valence-corrected chi connectivity index (χ4v) is 3.62. The van der Waals surface area contributed by atoms with Crippen LogP contribution >= 0.6 is 11.6 Å². The van der Waals surface area contributed by atoms with Gasteiger partial charge in [-0.2, -0.15) is 0 Å².